The van der Waals surface area contributed by atoms with Gasteiger partial charge in [-0.1, -0.05) is 26.2 Å². The van der Waals surface area contributed by atoms with E-state index < -0.39 is 0 Å². The summed E-state index contributed by atoms with van der Waals surface area (Å²) in [6.45, 7) is 2.22. The number of rotatable bonds is 3. The van der Waals surface area contributed by atoms with Crippen LogP contribution in [0.2, 0.25) is 0 Å². The molecule has 0 heterocycles. The first kappa shape index (κ1) is 22.6. The van der Waals surface area contributed by atoms with Crippen LogP contribution in [0.5, 0.6) is 0 Å². The van der Waals surface area contributed by atoms with Crippen LogP contribution in [0.3, 0.4) is 0 Å². The third-order valence-electron chi connectivity index (χ3n) is 2.15. The van der Waals surface area contributed by atoms with Gasteiger partial charge in [0.05, 0.1) is 0 Å². The Morgan fingerprint density at radius 3 is 2.29 bits per heavy atom. The second-order valence-electron chi connectivity index (χ2n) is 3.42. The molecule has 0 atom stereocenters. The topological polar surface area (TPSA) is 0 Å². The first-order chi connectivity index (χ1) is 6.93. The molecular formula is C14H18Cl2Hf. The van der Waals surface area contributed by atoms with E-state index in [0.29, 0.717) is 0 Å². The summed E-state index contributed by atoms with van der Waals surface area (Å²) in [5.74, 6) is 0. The predicted octanol–water partition coefficient (Wildman–Crippen LogP) is -1.82. The molecule has 0 unspecified atom stereocenters. The van der Waals surface area contributed by atoms with Gasteiger partial charge in [0.2, 0.25) is 0 Å². The number of hydrogen-bond acceptors (Lipinski definition) is 0. The van der Waals surface area contributed by atoms with Crippen LogP contribution in [0.25, 0.3) is 0 Å². The zero-order valence-corrected chi connectivity index (χ0v) is 15.3. The van der Waals surface area contributed by atoms with Crippen LogP contribution in [0.15, 0.2) is 36.0 Å². The minimum absolute atomic E-state index is 0. The fourth-order valence-electron chi connectivity index (χ4n) is 1.33. The van der Waals surface area contributed by atoms with Gasteiger partial charge in [-0.05, 0) is 0 Å². The van der Waals surface area contributed by atoms with E-state index >= 15 is 0 Å². The molecule has 2 rings (SSSR count). The van der Waals surface area contributed by atoms with Crippen molar-refractivity contribution in [2.75, 3.05) is 0 Å². The van der Waals surface area contributed by atoms with Crippen LogP contribution < -0.4 is 24.8 Å². The molecule has 0 aromatic carbocycles. The molecule has 0 aromatic heterocycles. The maximum absolute atomic E-state index is 3.30. The van der Waals surface area contributed by atoms with Gasteiger partial charge < -0.3 is 24.8 Å². The van der Waals surface area contributed by atoms with Crippen LogP contribution in [0.4, 0.5) is 0 Å². The Hall–Kier alpha value is 0.410. The molecule has 2 aliphatic carbocycles. The van der Waals surface area contributed by atoms with Crippen molar-refractivity contribution in [1.82, 2.24) is 0 Å². The van der Waals surface area contributed by atoms with Gasteiger partial charge in [0.15, 0.2) is 0 Å². The number of allylic oxidation sites excluding steroid dienone is 8. The van der Waals surface area contributed by atoms with Crippen molar-refractivity contribution < 1.29 is 50.7 Å². The molecule has 17 heavy (non-hydrogen) atoms. The van der Waals surface area contributed by atoms with E-state index in [0.717, 1.165) is 12.8 Å². The smallest absolute Gasteiger partial charge is 1.00 e. The summed E-state index contributed by atoms with van der Waals surface area (Å²) < 4.78 is 0. The zero-order chi connectivity index (χ0) is 10.1. The van der Waals surface area contributed by atoms with Crippen molar-refractivity contribution in [3.63, 3.8) is 0 Å². The van der Waals surface area contributed by atoms with Crippen molar-refractivity contribution >= 4 is 0 Å². The minimum atomic E-state index is 0. The van der Waals surface area contributed by atoms with Crippen molar-refractivity contribution in [1.29, 1.82) is 0 Å². The molecule has 0 aliphatic heterocycles. The molecular weight excluding hydrogens is 418 g/mol. The molecule has 0 bridgehead atoms. The maximum atomic E-state index is 3.30. The van der Waals surface area contributed by atoms with Crippen LogP contribution in [-0.4, -0.2) is 0 Å². The Bertz CT molecular complexity index is 255. The minimum Gasteiger partial charge on any atom is -1.00 e. The van der Waals surface area contributed by atoms with E-state index in [4.69, 9.17) is 0 Å². The van der Waals surface area contributed by atoms with Gasteiger partial charge in [0, 0.05) is 0 Å². The fourth-order valence-corrected chi connectivity index (χ4v) is 1.33. The van der Waals surface area contributed by atoms with Crippen molar-refractivity contribution in [2.45, 2.75) is 39.0 Å². The van der Waals surface area contributed by atoms with Crippen LogP contribution >= 0.6 is 0 Å². The van der Waals surface area contributed by atoms with Gasteiger partial charge in [0.25, 0.3) is 0 Å². The molecule has 0 amide bonds. The first-order valence-electron chi connectivity index (χ1n) is 5.41. The Morgan fingerprint density at radius 2 is 1.94 bits per heavy atom. The second kappa shape index (κ2) is 16.4. The third kappa shape index (κ3) is 12.7. The van der Waals surface area contributed by atoms with E-state index in [2.05, 4.69) is 37.3 Å². The molecule has 0 radical (unpaired) electrons. The quantitative estimate of drug-likeness (QED) is 0.362. The molecule has 0 N–H and O–H groups in total. The predicted molar refractivity (Wildman–Crippen MR) is 61.6 cm³/mol. The van der Waals surface area contributed by atoms with Gasteiger partial charge in [-0.15, -0.1) is 12.8 Å². The van der Waals surface area contributed by atoms with Gasteiger partial charge in [-0.25, -0.2) is 23.8 Å². The third-order valence-corrected chi connectivity index (χ3v) is 2.15. The molecule has 3 heteroatoms. The van der Waals surface area contributed by atoms with E-state index in [1.165, 1.54) is 24.8 Å². The normalized spacial score (nSPS) is 13.8. The van der Waals surface area contributed by atoms with Gasteiger partial charge in [-0.3, -0.25) is 12.2 Å². The van der Waals surface area contributed by atoms with Crippen molar-refractivity contribution in [3.05, 3.63) is 48.1 Å². The molecule has 0 saturated carbocycles. The summed E-state index contributed by atoms with van der Waals surface area (Å²) in [6, 6.07) is 0. The molecule has 0 fully saturated rings. The zero-order valence-electron chi connectivity index (χ0n) is 10.2. The van der Waals surface area contributed by atoms with E-state index in [1.807, 2.05) is 12.2 Å². The van der Waals surface area contributed by atoms with Crippen LogP contribution in [0.1, 0.15) is 39.0 Å². The molecule has 0 saturated heterocycles. The van der Waals surface area contributed by atoms with Gasteiger partial charge in [0.1, 0.15) is 0 Å². The summed E-state index contributed by atoms with van der Waals surface area (Å²) >= 11 is 0. The average Bonchev–Trinajstić information content (AvgIpc) is 2.90. The number of unbranched alkanes of at least 4 members (excludes halogenated alkanes) is 1. The summed E-state index contributed by atoms with van der Waals surface area (Å²) in [6.07, 6.45) is 22.5. The van der Waals surface area contributed by atoms with Crippen LogP contribution in [0, 0.1) is 12.2 Å². The summed E-state index contributed by atoms with van der Waals surface area (Å²) in [4.78, 5) is 0. The largest absolute Gasteiger partial charge is 4.00 e. The molecule has 92 valence electrons. The van der Waals surface area contributed by atoms with Crippen molar-refractivity contribution in [2.24, 2.45) is 0 Å². The fraction of sp³-hybridized carbons (Fsp3) is 0.429. The number of halogens is 2. The average molecular weight is 436 g/mol. The van der Waals surface area contributed by atoms with Gasteiger partial charge >= 0.3 is 25.8 Å². The second-order valence-corrected chi connectivity index (χ2v) is 3.42. The first-order valence-corrected chi connectivity index (χ1v) is 5.41. The Balaban J connectivity index is -0.000000216. The standard InChI is InChI=1S/C9H13.C5H5.2ClH.Hf/c1-2-3-6-9-7-4-5-8-9;1-2-4-5-3-1;;;/h4,7H,2-3,5-6H2,1H3;1-3H,4H2;2*1H;/q2*-1;;;+4/p-2. The van der Waals surface area contributed by atoms with Crippen LogP contribution in [-0.2, 0) is 25.8 Å². The monoisotopic (exact) mass is 436 g/mol. The molecule has 0 nitrogen and oxygen atoms in total. The Labute approximate surface area is 137 Å². The van der Waals surface area contributed by atoms with E-state index in [-0.39, 0.29) is 50.7 Å². The summed E-state index contributed by atoms with van der Waals surface area (Å²) in [7, 11) is 0. The van der Waals surface area contributed by atoms with E-state index in [9.17, 15) is 0 Å². The number of hydrogen-bond donors (Lipinski definition) is 0. The van der Waals surface area contributed by atoms with Gasteiger partial charge in [-0.2, -0.15) is 12.2 Å². The van der Waals surface area contributed by atoms with E-state index in [1.54, 1.807) is 0 Å². The molecule has 0 spiro atoms. The molecule has 0 aromatic rings. The summed E-state index contributed by atoms with van der Waals surface area (Å²) in [5.41, 5.74) is 1.41. The summed E-state index contributed by atoms with van der Waals surface area (Å²) in [5, 5.41) is 0. The SMILES string of the molecule is CCCCC1=[C-]CC=C1.[C-]1=CC=CC1.[Cl-].[Cl-].[Hf+4]. The van der Waals surface area contributed by atoms with Crippen molar-refractivity contribution in [3.8, 4) is 0 Å². The maximum Gasteiger partial charge on any atom is 4.00 e. The Kier molecular flexibility index (Phi) is 21.8. The molecule has 2 aliphatic rings. The Morgan fingerprint density at radius 1 is 1.18 bits per heavy atom.